The van der Waals surface area contributed by atoms with Gasteiger partial charge in [0.25, 0.3) is 5.91 Å². The van der Waals surface area contributed by atoms with Gasteiger partial charge >= 0.3 is 0 Å². The number of amides is 1. The minimum atomic E-state index is 0.0932. The minimum absolute atomic E-state index is 0.0932. The molecular weight excluding hydrogens is 304 g/mol. The molecule has 3 heterocycles. The number of thioether (sulfide) groups is 1. The highest BCUT2D eigenvalue weighted by Gasteiger charge is 2.40. The standard InChI is InChI=1S/C19H20N2OS/c22-19(21-16-10-12-6-8-15(16)20-12)11-5-7-14-13-3-1-2-4-17(13)23-18(14)9-11/h1-5,7,9,12,14-16,18,20H,6,8,10H2,(H,21,22)/t12-,14?,15+,16+,18?/m0/s1. The van der Waals surface area contributed by atoms with Gasteiger partial charge in [0.2, 0.25) is 0 Å². The van der Waals surface area contributed by atoms with Gasteiger partial charge in [-0.3, -0.25) is 4.79 Å². The van der Waals surface area contributed by atoms with Crippen LogP contribution >= 0.6 is 11.8 Å². The number of benzene rings is 1. The molecule has 2 saturated heterocycles. The number of carbonyl (C=O) groups is 1. The molecule has 4 aliphatic rings. The predicted octanol–water partition coefficient (Wildman–Crippen LogP) is 2.75. The summed E-state index contributed by atoms with van der Waals surface area (Å²) in [6, 6.07) is 9.98. The van der Waals surface area contributed by atoms with Crippen molar-refractivity contribution in [1.82, 2.24) is 10.6 Å². The number of rotatable bonds is 2. The van der Waals surface area contributed by atoms with Crippen LogP contribution in [-0.2, 0) is 4.79 Å². The van der Waals surface area contributed by atoms with Crippen molar-refractivity contribution >= 4 is 17.7 Å². The molecule has 0 aromatic heterocycles. The summed E-state index contributed by atoms with van der Waals surface area (Å²) in [6.45, 7) is 0. The molecule has 0 spiro atoms. The van der Waals surface area contributed by atoms with E-state index in [1.807, 2.05) is 17.8 Å². The summed E-state index contributed by atoms with van der Waals surface area (Å²) in [5.74, 6) is 0.507. The molecule has 2 unspecified atom stereocenters. The third kappa shape index (κ3) is 2.27. The number of nitrogens with one attached hydrogen (secondary N) is 2. The number of fused-ring (bicyclic) bond motifs is 5. The molecule has 1 amide bonds. The molecule has 3 aliphatic heterocycles. The lowest BCUT2D eigenvalue weighted by Crippen LogP contribution is -2.43. The molecule has 1 aromatic rings. The van der Waals surface area contributed by atoms with Crippen LogP contribution in [0.25, 0.3) is 0 Å². The van der Waals surface area contributed by atoms with Gasteiger partial charge in [-0.05, 0) is 30.9 Å². The average molecular weight is 324 g/mol. The topological polar surface area (TPSA) is 41.1 Å². The Morgan fingerprint density at radius 1 is 1.26 bits per heavy atom. The fraction of sp³-hybridized carbons (Fsp3) is 0.421. The molecule has 0 saturated carbocycles. The summed E-state index contributed by atoms with van der Waals surface area (Å²) < 4.78 is 0. The first kappa shape index (κ1) is 13.9. The lowest BCUT2D eigenvalue weighted by Gasteiger charge is -2.23. The normalized spacial score (nSPS) is 36.5. The van der Waals surface area contributed by atoms with Crippen molar-refractivity contribution in [3.63, 3.8) is 0 Å². The van der Waals surface area contributed by atoms with E-state index in [-0.39, 0.29) is 5.91 Å². The van der Waals surface area contributed by atoms with E-state index in [4.69, 9.17) is 0 Å². The molecule has 2 bridgehead atoms. The Balaban J connectivity index is 1.32. The quantitative estimate of drug-likeness (QED) is 0.879. The lowest BCUT2D eigenvalue weighted by molar-refractivity contribution is -0.118. The van der Waals surface area contributed by atoms with Crippen molar-refractivity contribution in [1.29, 1.82) is 0 Å². The van der Waals surface area contributed by atoms with E-state index in [2.05, 4.69) is 47.1 Å². The summed E-state index contributed by atoms with van der Waals surface area (Å²) in [6.07, 6.45) is 9.92. The van der Waals surface area contributed by atoms with Crippen LogP contribution in [-0.4, -0.2) is 29.3 Å². The van der Waals surface area contributed by atoms with E-state index >= 15 is 0 Å². The highest BCUT2D eigenvalue weighted by molar-refractivity contribution is 8.00. The van der Waals surface area contributed by atoms with E-state index < -0.39 is 0 Å². The minimum Gasteiger partial charge on any atom is -0.348 e. The van der Waals surface area contributed by atoms with Crippen molar-refractivity contribution < 1.29 is 4.79 Å². The molecule has 3 nitrogen and oxygen atoms in total. The SMILES string of the molecule is O=C(N[C@@H]1C[C@@H]2CC[C@H]1N2)C1=CC2Sc3ccccc3C2C=C1. The molecule has 0 radical (unpaired) electrons. The molecule has 5 rings (SSSR count). The molecule has 118 valence electrons. The second-order valence-electron chi connectivity index (χ2n) is 6.99. The third-order valence-corrected chi connectivity index (χ3v) is 6.93. The van der Waals surface area contributed by atoms with Crippen LogP contribution < -0.4 is 10.6 Å². The Labute approximate surface area is 140 Å². The number of carbonyl (C=O) groups excluding carboxylic acids is 1. The summed E-state index contributed by atoms with van der Waals surface area (Å²) in [5.41, 5.74) is 2.22. The van der Waals surface area contributed by atoms with Crippen LogP contribution in [0.5, 0.6) is 0 Å². The van der Waals surface area contributed by atoms with Crippen molar-refractivity contribution in [3.8, 4) is 0 Å². The Kier molecular flexibility index (Phi) is 3.17. The zero-order valence-electron chi connectivity index (χ0n) is 12.9. The fourth-order valence-electron chi connectivity index (χ4n) is 4.44. The van der Waals surface area contributed by atoms with E-state index in [9.17, 15) is 4.79 Å². The van der Waals surface area contributed by atoms with Crippen molar-refractivity contribution in [3.05, 3.63) is 53.6 Å². The number of hydrogen-bond acceptors (Lipinski definition) is 3. The molecular formula is C19H20N2OS. The Hall–Kier alpha value is -1.52. The van der Waals surface area contributed by atoms with Crippen molar-refractivity contribution in [2.45, 2.75) is 53.5 Å². The van der Waals surface area contributed by atoms with Gasteiger partial charge in [-0.1, -0.05) is 36.4 Å². The second-order valence-corrected chi connectivity index (χ2v) is 8.21. The first-order chi connectivity index (χ1) is 11.3. The zero-order chi connectivity index (χ0) is 15.4. The van der Waals surface area contributed by atoms with Gasteiger partial charge in [-0.15, -0.1) is 11.8 Å². The van der Waals surface area contributed by atoms with Crippen LogP contribution in [0, 0.1) is 0 Å². The Morgan fingerprint density at radius 3 is 3.00 bits per heavy atom. The largest absolute Gasteiger partial charge is 0.348 e. The zero-order valence-corrected chi connectivity index (χ0v) is 13.7. The van der Waals surface area contributed by atoms with Gasteiger partial charge in [0.15, 0.2) is 0 Å². The van der Waals surface area contributed by atoms with Crippen LogP contribution in [0.1, 0.15) is 30.7 Å². The van der Waals surface area contributed by atoms with E-state index in [0.717, 1.165) is 12.0 Å². The van der Waals surface area contributed by atoms with E-state index in [0.29, 0.717) is 29.3 Å². The van der Waals surface area contributed by atoms with Crippen molar-refractivity contribution in [2.75, 3.05) is 0 Å². The highest BCUT2D eigenvalue weighted by Crippen LogP contribution is 2.48. The Morgan fingerprint density at radius 2 is 2.17 bits per heavy atom. The van der Waals surface area contributed by atoms with E-state index in [1.54, 1.807) is 0 Å². The predicted molar refractivity (Wildman–Crippen MR) is 92.5 cm³/mol. The van der Waals surface area contributed by atoms with Gasteiger partial charge in [-0.25, -0.2) is 0 Å². The molecule has 1 aliphatic carbocycles. The van der Waals surface area contributed by atoms with Gasteiger partial charge < -0.3 is 10.6 Å². The third-order valence-electron chi connectivity index (χ3n) is 5.60. The molecule has 5 atom stereocenters. The number of hydrogen-bond donors (Lipinski definition) is 2. The first-order valence-corrected chi connectivity index (χ1v) is 9.38. The summed E-state index contributed by atoms with van der Waals surface area (Å²) in [5, 5.41) is 7.19. The van der Waals surface area contributed by atoms with Crippen LogP contribution in [0.3, 0.4) is 0 Å². The maximum Gasteiger partial charge on any atom is 0.251 e. The van der Waals surface area contributed by atoms with Crippen LogP contribution in [0.15, 0.2) is 53.0 Å². The second kappa shape index (κ2) is 5.25. The molecule has 2 fully saturated rings. The van der Waals surface area contributed by atoms with Crippen molar-refractivity contribution in [2.24, 2.45) is 0 Å². The van der Waals surface area contributed by atoms with Crippen LogP contribution in [0.4, 0.5) is 0 Å². The fourth-order valence-corrected chi connectivity index (χ4v) is 5.83. The molecule has 4 heteroatoms. The maximum atomic E-state index is 12.6. The smallest absolute Gasteiger partial charge is 0.251 e. The molecule has 23 heavy (non-hydrogen) atoms. The summed E-state index contributed by atoms with van der Waals surface area (Å²) in [4.78, 5) is 14.0. The van der Waals surface area contributed by atoms with Crippen LogP contribution in [0.2, 0.25) is 0 Å². The van der Waals surface area contributed by atoms with Gasteiger partial charge in [0, 0.05) is 39.8 Å². The highest BCUT2D eigenvalue weighted by atomic mass is 32.2. The van der Waals surface area contributed by atoms with Gasteiger partial charge in [0.05, 0.1) is 0 Å². The van der Waals surface area contributed by atoms with E-state index in [1.165, 1.54) is 23.3 Å². The number of allylic oxidation sites excluding steroid dienone is 1. The Bertz CT molecular complexity index is 726. The first-order valence-electron chi connectivity index (χ1n) is 8.50. The summed E-state index contributed by atoms with van der Waals surface area (Å²) >= 11 is 1.88. The van der Waals surface area contributed by atoms with Gasteiger partial charge in [-0.2, -0.15) is 0 Å². The molecule has 2 N–H and O–H groups in total. The lowest BCUT2D eigenvalue weighted by atomic mass is 9.89. The average Bonchev–Trinajstić information content (AvgIpc) is 3.27. The monoisotopic (exact) mass is 324 g/mol. The molecule has 1 aromatic carbocycles. The van der Waals surface area contributed by atoms with Gasteiger partial charge in [0.1, 0.15) is 0 Å². The maximum absolute atomic E-state index is 12.6. The summed E-state index contributed by atoms with van der Waals surface area (Å²) in [7, 11) is 0.